The molecule has 0 atom stereocenters. The number of halogens is 1. The molecule has 1 N–H and O–H groups in total. The summed E-state index contributed by atoms with van der Waals surface area (Å²) >= 11 is 1.01. The van der Waals surface area contributed by atoms with E-state index >= 15 is 0 Å². The van der Waals surface area contributed by atoms with Crippen molar-refractivity contribution in [1.29, 1.82) is 0 Å². The summed E-state index contributed by atoms with van der Waals surface area (Å²) in [6.45, 7) is 5.19. The van der Waals surface area contributed by atoms with E-state index in [1.54, 1.807) is 11.8 Å². The number of rotatable bonds is 7. The van der Waals surface area contributed by atoms with Crippen molar-refractivity contribution in [3.05, 3.63) is 82.6 Å². The highest BCUT2D eigenvalue weighted by Gasteiger charge is 2.26. The standard InChI is InChI=1S/C24H25FN4O3S2/c1-18-22(33-24(26-18)27-34(31,32)21-11-9-20(25)10-12-21)23(30)29-16-14-28(15-17-29)13-5-8-19-6-3-2-4-7-19/h2-12H,13-17H2,1H3,(H,26,27)/b8-5+. The third-order valence-corrected chi connectivity index (χ3v) is 8.01. The number of hydrogen-bond donors (Lipinski definition) is 1. The molecule has 0 unspecified atom stereocenters. The number of nitrogens with zero attached hydrogens (tertiary/aromatic N) is 3. The molecule has 1 amide bonds. The Balaban J connectivity index is 1.34. The number of carbonyl (C=O) groups excluding carboxylic acids is 1. The molecular weight excluding hydrogens is 475 g/mol. The molecule has 7 nitrogen and oxygen atoms in total. The number of aromatic nitrogens is 1. The molecule has 0 bridgehead atoms. The highest BCUT2D eigenvalue weighted by atomic mass is 32.2. The molecule has 10 heteroatoms. The minimum absolute atomic E-state index is 0.0768. The van der Waals surface area contributed by atoms with Crippen molar-refractivity contribution in [2.75, 3.05) is 37.4 Å². The Morgan fingerprint density at radius 1 is 1.09 bits per heavy atom. The minimum atomic E-state index is -3.93. The number of benzene rings is 2. The number of sulfonamides is 1. The second-order valence-corrected chi connectivity index (χ2v) is 10.6. The lowest BCUT2D eigenvalue weighted by molar-refractivity contribution is 0.0654. The normalized spacial score (nSPS) is 15.1. The monoisotopic (exact) mass is 500 g/mol. The van der Waals surface area contributed by atoms with Crippen LogP contribution in [-0.2, 0) is 10.0 Å². The van der Waals surface area contributed by atoms with Crippen LogP contribution < -0.4 is 4.72 Å². The zero-order valence-electron chi connectivity index (χ0n) is 18.6. The van der Waals surface area contributed by atoms with Gasteiger partial charge in [0.2, 0.25) is 0 Å². The average molecular weight is 501 g/mol. The van der Waals surface area contributed by atoms with Gasteiger partial charge in [-0.1, -0.05) is 53.8 Å². The van der Waals surface area contributed by atoms with Crippen molar-refractivity contribution in [3.63, 3.8) is 0 Å². The van der Waals surface area contributed by atoms with Crippen molar-refractivity contribution in [2.45, 2.75) is 11.8 Å². The molecule has 1 saturated heterocycles. The van der Waals surface area contributed by atoms with Gasteiger partial charge in [-0.15, -0.1) is 0 Å². The van der Waals surface area contributed by atoms with Crippen molar-refractivity contribution in [3.8, 4) is 0 Å². The largest absolute Gasteiger partial charge is 0.335 e. The number of amides is 1. The van der Waals surface area contributed by atoms with Gasteiger partial charge in [0.1, 0.15) is 10.7 Å². The van der Waals surface area contributed by atoms with E-state index in [0.29, 0.717) is 23.7 Å². The maximum Gasteiger partial charge on any atom is 0.266 e. The van der Waals surface area contributed by atoms with Crippen LogP contribution >= 0.6 is 11.3 Å². The molecule has 0 spiro atoms. The molecular formula is C24H25FN4O3S2. The Labute approximate surface area is 202 Å². The van der Waals surface area contributed by atoms with Crippen molar-refractivity contribution in [1.82, 2.24) is 14.8 Å². The number of piperazine rings is 1. The number of nitrogens with one attached hydrogen (secondary N) is 1. The Morgan fingerprint density at radius 2 is 1.76 bits per heavy atom. The predicted octanol–water partition coefficient (Wildman–Crippen LogP) is 3.86. The predicted molar refractivity (Wildman–Crippen MR) is 132 cm³/mol. The van der Waals surface area contributed by atoms with Gasteiger partial charge in [0.15, 0.2) is 5.13 Å². The molecule has 178 valence electrons. The summed E-state index contributed by atoms with van der Waals surface area (Å²) in [5.41, 5.74) is 1.63. The molecule has 2 heterocycles. The molecule has 1 fully saturated rings. The first-order valence-corrected chi connectivity index (χ1v) is 13.1. The van der Waals surface area contributed by atoms with Crippen LogP contribution in [0, 0.1) is 12.7 Å². The van der Waals surface area contributed by atoms with E-state index in [2.05, 4.69) is 38.9 Å². The van der Waals surface area contributed by atoms with E-state index in [4.69, 9.17) is 0 Å². The lowest BCUT2D eigenvalue weighted by Crippen LogP contribution is -2.48. The maximum atomic E-state index is 13.1. The summed E-state index contributed by atoms with van der Waals surface area (Å²) in [5, 5.41) is 0.106. The molecule has 0 radical (unpaired) electrons. The zero-order chi connectivity index (χ0) is 24.1. The van der Waals surface area contributed by atoms with E-state index in [9.17, 15) is 17.6 Å². The third kappa shape index (κ3) is 5.88. The van der Waals surface area contributed by atoms with Crippen LogP contribution in [0.3, 0.4) is 0 Å². The zero-order valence-corrected chi connectivity index (χ0v) is 20.3. The average Bonchev–Trinajstić information content (AvgIpc) is 3.19. The van der Waals surface area contributed by atoms with Gasteiger partial charge in [0, 0.05) is 32.7 Å². The van der Waals surface area contributed by atoms with E-state index in [0.717, 1.165) is 48.7 Å². The van der Waals surface area contributed by atoms with Gasteiger partial charge in [-0.25, -0.2) is 17.8 Å². The van der Waals surface area contributed by atoms with Gasteiger partial charge in [-0.05, 0) is 36.8 Å². The number of carbonyl (C=O) groups is 1. The number of aryl methyl sites for hydroxylation is 1. The first-order chi connectivity index (χ1) is 16.3. The summed E-state index contributed by atoms with van der Waals surface area (Å²) in [6, 6.07) is 14.6. The Kier molecular flexibility index (Phi) is 7.40. The molecule has 1 aliphatic heterocycles. The smallest absolute Gasteiger partial charge is 0.266 e. The lowest BCUT2D eigenvalue weighted by Gasteiger charge is -2.34. The molecule has 1 aromatic heterocycles. The van der Waals surface area contributed by atoms with Crippen molar-refractivity contribution in [2.24, 2.45) is 0 Å². The minimum Gasteiger partial charge on any atom is -0.335 e. The molecule has 0 saturated carbocycles. The van der Waals surface area contributed by atoms with Crippen LogP contribution in [0.1, 0.15) is 20.9 Å². The third-order valence-electron chi connectivity index (χ3n) is 5.47. The van der Waals surface area contributed by atoms with Crippen molar-refractivity contribution >= 4 is 38.5 Å². The molecule has 0 aliphatic carbocycles. The van der Waals surface area contributed by atoms with Gasteiger partial charge >= 0.3 is 0 Å². The topological polar surface area (TPSA) is 82.6 Å². The summed E-state index contributed by atoms with van der Waals surface area (Å²) in [7, 11) is -3.93. The number of hydrogen-bond acceptors (Lipinski definition) is 6. The lowest BCUT2D eigenvalue weighted by atomic mass is 10.2. The maximum absolute atomic E-state index is 13.1. The van der Waals surface area contributed by atoms with Gasteiger partial charge < -0.3 is 4.90 Å². The highest BCUT2D eigenvalue weighted by molar-refractivity contribution is 7.93. The first kappa shape index (κ1) is 24.1. The van der Waals surface area contributed by atoms with Crippen LogP contribution in [0.5, 0.6) is 0 Å². The highest BCUT2D eigenvalue weighted by Crippen LogP contribution is 2.27. The Bertz CT molecular complexity index is 1270. The van der Waals surface area contributed by atoms with E-state index in [1.165, 1.54) is 12.1 Å². The van der Waals surface area contributed by atoms with Gasteiger partial charge in [-0.3, -0.25) is 14.4 Å². The molecule has 1 aliphatic rings. The first-order valence-electron chi connectivity index (χ1n) is 10.8. The number of thiazole rings is 1. The number of anilines is 1. The fourth-order valence-electron chi connectivity index (χ4n) is 3.61. The molecule has 3 aromatic rings. The van der Waals surface area contributed by atoms with E-state index in [-0.39, 0.29) is 15.9 Å². The molecule has 34 heavy (non-hydrogen) atoms. The van der Waals surface area contributed by atoms with Crippen molar-refractivity contribution < 1.29 is 17.6 Å². The van der Waals surface area contributed by atoms with E-state index < -0.39 is 15.8 Å². The van der Waals surface area contributed by atoms with E-state index in [1.807, 2.05) is 18.2 Å². The quantitative estimate of drug-likeness (QED) is 0.533. The van der Waals surface area contributed by atoms with Crippen LogP contribution in [0.25, 0.3) is 6.08 Å². The molecule has 2 aromatic carbocycles. The second kappa shape index (κ2) is 10.5. The van der Waals surface area contributed by atoms with Crippen LogP contribution in [0.2, 0.25) is 0 Å². The fourth-order valence-corrected chi connectivity index (χ4v) is 5.77. The SMILES string of the molecule is Cc1nc(NS(=O)(=O)c2ccc(F)cc2)sc1C(=O)N1CCN(C/C=C/c2ccccc2)CC1. The summed E-state index contributed by atoms with van der Waals surface area (Å²) in [6.07, 6.45) is 4.21. The Hall–Kier alpha value is -3.08. The van der Waals surface area contributed by atoms with Crippen LogP contribution in [0.15, 0.2) is 65.6 Å². The van der Waals surface area contributed by atoms with Crippen LogP contribution in [0.4, 0.5) is 9.52 Å². The summed E-state index contributed by atoms with van der Waals surface area (Å²) in [5.74, 6) is -0.675. The fraction of sp³-hybridized carbons (Fsp3) is 0.250. The second-order valence-electron chi connectivity index (χ2n) is 7.90. The molecule has 4 rings (SSSR count). The summed E-state index contributed by atoms with van der Waals surface area (Å²) in [4.78, 5) is 21.7. The van der Waals surface area contributed by atoms with Gasteiger partial charge in [0.05, 0.1) is 10.6 Å². The summed E-state index contributed by atoms with van der Waals surface area (Å²) < 4.78 is 40.6. The van der Waals surface area contributed by atoms with Gasteiger partial charge in [-0.2, -0.15) is 0 Å². The Morgan fingerprint density at radius 3 is 2.44 bits per heavy atom. The van der Waals surface area contributed by atoms with Crippen LogP contribution in [-0.4, -0.2) is 61.8 Å². The van der Waals surface area contributed by atoms with Gasteiger partial charge in [0.25, 0.3) is 15.9 Å².